The fraction of sp³-hybridized carbons (Fsp3) is 0.200. The topological polar surface area (TPSA) is 173 Å². The molecule has 0 spiro atoms. The van der Waals surface area contributed by atoms with Crippen molar-refractivity contribution in [2.24, 2.45) is 10.7 Å². The zero-order valence-electron chi connectivity index (χ0n) is 23.4. The number of phenolic OH excluding ortho intramolecular Hbond substituents is 1. The summed E-state index contributed by atoms with van der Waals surface area (Å²) in [5.74, 6) is -5.74. The van der Waals surface area contributed by atoms with Crippen LogP contribution >= 0.6 is 0 Å². The van der Waals surface area contributed by atoms with Gasteiger partial charge in [-0.25, -0.2) is 14.2 Å². The van der Waals surface area contributed by atoms with Gasteiger partial charge in [0.25, 0.3) is 5.88 Å². The zero-order chi connectivity index (χ0) is 31.6. The number of amidine groups is 1. The summed E-state index contributed by atoms with van der Waals surface area (Å²) in [7, 11) is 2.92. The molecule has 5 rings (SSSR count). The lowest BCUT2D eigenvalue weighted by Crippen LogP contribution is -2.51. The summed E-state index contributed by atoms with van der Waals surface area (Å²) in [6.45, 7) is 0.478. The maximum atomic E-state index is 15.6. The molecular weight excluding hydrogens is 580 g/mol. The van der Waals surface area contributed by atoms with Gasteiger partial charge in [0.15, 0.2) is 23.4 Å². The minimum absolute atomic E-state index is 0.00642. The smallest absolute Gasteiger partial charge is 0.346 e. The van der Waals surface area contributed by atoms with Crippen LogP contribution in [0.15, 0.2) is 71.9 Å². The van der Waals surface area contributed by atoms with Crippen LogP contribution in [0.3, 0.4) is 0 Å². The van der Waals surface area contributed by atoms with Gasteiger partial charge in [-0.3, -0.25) is 15.3 Å². The van der Waals surface area contributed by atoms with E-state index in [0.29, 0.717) is 18.3 Å². The summed E-state index contributed by atoms with van der Waals surface area (Å²) in [6, 6.07) is 8.11. The lowest BCUT2D eigenvalue weighted by atomic mass is 9.92. The molecule has 0 fully saturated rings. The zero-order valence-corrected chi connectivity index (χ0v) is 23.4. The van der Waals surface area contributed by atoms with E-state index in [2.05, 4.69) is 9.98 Å². The number of nitrogens with two attached hydrogens (primary N) is 1. The first-order valence-electron chi connectivity index (χ1n) is 13.1. The molecule has 1 aliphatic heterocycles. The molecule has 1 aromatic heterocycles. The number of aliphatic hydroxyl groups is 1. The molecule has 0 bridgehead atoms. The molecule has 3 atom stereocenters. The van der Waals surface area contributed by atoms with Gasteiger partial charge in [0.2, 0.25) is 17.2 Å². The number of pyridine rings is 1. The number of benzene rings is 2. The number of carbonyl (C=O) groups is 1. The molecule has 2 aromatic carbocycles. The Morgan fingerprint density at radius 3 is 2.66 bits per heavy atom. The molecule has 3 aromatic rings. The van der Waals surface area contributed by atoms with Gasteiger partial charge in [0.1, 0.15) is 23.5 Å². The Hall–Kier alpha value is -5.34. The summed E-state index contributed by atoms with van der Waals surface area (Å²) in [6.07, 6.45) is 6.37. The third-order valence-corrected chi connectivity index (χ3v) is 6.84. The predicted molar refractivity (Wildman–Crippen MR) is 153 cm³/mol. The van der Waals surface area contributed by atoms with Crippen LogP contribution in [0.2, 0.25) is 0 Å². The number of aromatic nitrogens is 1. The normalized spacial score (nSPS) is 20.8. The SMILES string of the molecule is COC(=O)C1(O)C=CC=CC1Oc1ccc(Oc2c(F)cnc(Oc3cc(C(=N)N)ccc3O)c2F)c(C2N=CCN2C)c1. The number of halogens is 2. The number of esters is 1. The van der Waals surface area contributed by atoms with Gasteiger partial charge in [-0.2, -0.15) is 4.39 Å². The Bertz CT molecular complexity index is 1710. The van der Waals surface area contributed by atoms with Crippen molar-refractivity contribution >= 4 is 18.0 Å². The summed E-state index contributed by atoms with van der Waals surface area (Å²) in [5, 5.41) is 28.7. The minimum Gasteiger partial charge on any atom is -0.504 e. The molecule has 14 heteroatoms. The number of nitrogens with zero attached hydrogens (tertiary/aromatic N) is 3. The van der Waals surface area contributed by atoms with Crippen LogP contribution in [0.5, 0.6) is 34.6 Å². The highest BCUT2D eigenvalue weighted by atomic mass is 19.1. The molecule has 3 unspecified atom stereocenters. The Morgan fingerprint density at radius 2 is 1.95 bits per heavy atom. The van der Waals surface area contributed by atoms with Crippen molar-refractivity contribution in [2.75, 3.05) is 20.7 Å². The van der Waals surface area contributed by atoms with E-state index in [0.717, 1.165) is 7.11 Å². The lowest BCUT2D eigenvalue weighted by molar-refractivity contribution is -0.163. The van der Waals surface area contributed by atoms with Crippen LogP contribution in [0, 0.1) is 17.0 Å². The minimum atomic E-state index is -2.10. The molecule has 1 aliphatic carbocycles. The standard InChI is InChI=1S/C30H27F2N5O7/c1-37-12-11-35-27(37)18-14-17(42-23-5-3-4-10-30(23,40)29(39)41-2)7-9-21(18)43-25-19(31)15-36-28(24(25)32)44-22-13-16(26(33)34)6-8-20(22)38/h3-11,13-15,23,27,38,40H,12H2,1-2H3,(H3,33,34). The number of hydrogen-bond donors (Lipinski definition) is 4. The van der Waals surface area contributed by atoms with E-state index >= 15 is 4.39 Å². The van der Waals surface area contributed by atoms with E-state index in [-0.39, 0.29) is 28.6 Å². The number of aliphatic imine (C=N–C) groups is 1. The van der Waals surface area contributed by atoms with Crippen LogP contribution in [0.4, 0.5) is 8.78 Å². The second kappa shape index (κ2) is 12.1. The highest BCUT2D eigenvalue weighted by molar-refractivity contribution is 5.95. The summed E-state index contributed by atoms with van der Waals surface area (Å²) in [5.41, 5.74) is 3.92. The molecule has 5 N–H and O–H groups in total. The number of phenols is 1. The summed E-state index contributed by atoms with van der Waals surface area (Å²) < 4.78 is 52.4. The molecule has 0 saturated heterocycles. The van der Waals surface area contributed by atoms with Gasteiger partial charge in [-0.15, -0.1) is 0 Å². The van der Waals surface area contributed by atoms with E-state index in [1.165, 1.54) is 54.6 Å². The highest BCUT2D eigenvalue weighted by Crippen LogP contribution is 2.41. The molecule has 12 nitrogen and oxygen atoms in total. The molecule has 0 amide bonds. The van der Waals surface area contributed by atoms with Crippen molar-refractivity contribution < 1.29 is 42.7 Å². The van der Waals surface area contributed by atoms with Crippen LogP contribution < -0.4 is 19.9 Å². The van der Waals surface area contributed by atoms with E-state index in [9.17, 15) is 19.4 Å². The Kier molecular flexibility index (Phi) is 8.29. The van der Waals surface area contributed by atoms with Gasteiger partial charge in [0, 0.05) is 23.9 Å². The summed E-state index contributed by atoms with van der Waals surface area (Å²) in [4.78, 5) is 22.2. The number of nitrogen functional groups attached to an aromatic ring is 1. The number of rotatable bonds is 9. The maximum Gasteiger partial charge on any atom is 0.346 e. The van der Waals surface area contributed by atoms with Crippen molar-refractivity contribution in [1.82, 2.24) is 9.88 Å². The summed E-state index contributed by atoms with van der Waals surface area (Å²) >= 11 is 0. The number of aromatic hydroxyl groups is 1. The molecular formula is C30H27F2N5O7. The van der Waals surface area contributed by atoms with Crippen LogP contribution in [0.25, 0.3) is 0 Å². The first-order chi connectivity index (χ1) is 21.0. The van der Waals surface area contributed by atoms with Crippen molar-refractivity contribution in [3.8, 4) is 34.6 Å². The van der Waals surface area contributed by atoms with E-state index in [1.807, 2.05) is 4.90 Å². The number of hydrogen-bond acceptors (Lipinski definition) is 11. The number of nitrogens with one attached hydrogen (secondary N) is 1. The number of carbonyl (C=O) groups excluding carboxylic acids is 1. The number of methoxy groups -OCH3 is 1. The molecule has 0 radical (unpaired) electrons. The average molecular weight is 608 g/mol. The molecule has 0 saturated carbocycles. The fourth-order valence-electron chi connectivity index (χ4n) is 4.51. The lowest BCUT2D eigenvalue weighted by Gasteiger charge is -2.31. The van der Waals surface area contributed by atoms with E-state index < -0.39 is 52.9 Å². The highest BCUT2D eigenvalue weighted by Gasteiger charge is 2.45. The van der Waals surface area contributed by atoms with Crippen molar-refractivity contribution in [1.29, 1.82) is 5.41 Å². The molecule has 44 heavy (non-hydrogen) atoms. The second-order valence-corrected chi connectivity index (χ2v) is 9.80. The largest absolute Gasteiger partial charge is 0.504 e. The maximum absolute atomic E-state index is 15.6. The van der Waals surface area contributed by atoms with E-state index in [1.54, 1.807) is 19.3 Å². The first kappa shape index (κ1) is 30.1. The Balaban J connectivity index is 1.49. The fourth-order valence-corrected chi connectivity index (χ4v) is 4.51. The van der Waals surface area contributed by atoms with Crippen LogP contribution in [-0.2, 0) is 9.53 Å². The first-order valence-corrected chi connectivity index (χ1v) is 13.1. The van der Waals surface area contributed by atoms with Crippen molar-refractivity contribution in [2.45, 2.75) is 17.9 Å². The average Bonchev–Trinajstić information content (AvgIpc) is 3.44. The van der Waals surface area contributed by atoms with Gasteiger partial charge in [-0.1, -0.05) is 12.2 Å². The van der Waals surface area contributed by atoms with Crippen molar-refractivity contribution in [3.63, 3.8) is 0 Å². The Labute approximate surface area is 249 Å². The van der Waals surface area contributed by atoms with Crippen molar-refractivity contribution in [3.05, 3.63) is 89.7 Å². The monoisotopic (exact) mass is 607 g/mol. The Morgan fingerprint density at radius 1 is 1.16 bits per heavy atom. The van der Waals surface area contributed by atoms with Gasteiger partial charge >= 0.3 is 5.97 Å². The molecule has 2 heterocycles. The molecule has 2 aliphatic rings. The predicted octanol–water partition coefficient (Wildman–Crippen LogP) is 3.73. The third-order valence-electron chi connectivity index (χ3n) is 6.84. The van der Waals surface area contributed by atoms with Crippen LogP contribution in [0.1, 0.15) is 17.3 Å². The van der Waals surface area contributed by atoms with Crippen LogP contribution in [-0.4, -0.2) is 70.5 Å². The number of allylic oxidation sites excluding steroid dienone is 2. The van der Waals surface area contributed by atoms with Gasteiger partial charge in [0.05, 0.1) is 13.3 Å². The van der Waals surface area contributed by atoms with E-state index in [4.69, 9.17) is 30.1 Å². The molecule has 228 valence electrons. The third kappa shape index (κ3) is 5.80. The van der Waals surface area contributed by atoms with Gasteiger partial charge < -0.3 is 34.9 Å². The quantitative estimate of drug-likeness (QED) is 0.160. The number of ether oxygens (including phenoxy) is 4. The second-order valence-electron chi connectivity index (χ2n) is 9.80. The van der Waals surface area contributed by atoms with Gasteiger partial charge in [-0.05, 0) is 55.6 Å².